The number of hydrogen-bond donors (Lipinski definition) is 0. The molecule has 0 N–H and O–H groups in total. The smallest absolute Gasteiger partial charge is 0.321 e. The lowest BCUT2D eigenvalue weighted by atomic mass is 10.5. The lowest BCUT2D eigenvalue weighted by molar-refractivity contribution is 0.440. The van der Waals surface area contributed by atoms with Crippen molar-refractivity contribution in [3.8, 4) is 11.8 Å². The second-order valence-corrected chi connectivity index (χ2v) is 2.78. The molecular formula is C9H6ClN3O. The van der Waals surface area contributed by atoms with Crippen LogP contribution < -0.4 is 4.74 Å². The van der Waals surface area contributed by atoms with Gasteiger partial charge in [-0.15, -0.1) is 0 Å². The molecule has 2 rings (SSSR count). The fraction of sp³-hybridized carbons (Fsp3) is 0. The van der Waals surface area contributed by atoms with Gasteiger partial charge in [0.15, 0.2) is 10.9 Å². The second-order valence-electron chi connectivity index (χ2n) is 2.43. The minimum atomic E-state index is 0.252. The van der Waals surface area contributed by atoms with E-state index in [2.05, 4.69) is 15.0 Å². The number of pyridine rings is 1. The minimum Gasteiger partial charge on any atom is -0.421 e. The third kappa shape index (κ3) is 1.97. The van der Waals surface area contributed by atoms with Gasteiger partial charge in [0.25, 0.3) is 0 Å². The Kier molecular flexibility index (Phi) is 2.55. The first kappa shape index (κ1) is 8.90. The molecule has 2 aromatic rings. The van der Waals surface area contributed by atoms with E-state index in [1.165, 1.54) is 0 Å². The van der Waals surface area contributed by atoms with E-state index in [0.717, 1.165) is 0 Å². The summed E-state index contributed by atoms with van der Waals surface area (Å²) < 4.78 is 5.29. The molecule has 0 spiro atoms. The molecule has 0 saturated carbocycles. The van der Waals surface area contributed by atoms with Crippen LogP contribution in [0.4, 0.5) is 0 Å². The van der Waals surface area contributed by atoms with Crippen LogP contribution in [0, 0.1) is 0 Å². The van der Waals surface area contributed by atoms with Crippen molar-refractivity contribution in [3.63, 3.8) is 0 Å². The molecule has 2 heterocycles. The Labute approximate surface area is 85.6 Å². The molecule has 0 aromatic carbocycles. The van der Waals surface area contributed by atoms with Crippen LogP contribution in [0.1, 0.15) is 0 Å². The summed E-state index contributed by atoms with van der Waals surface area (Å²) >= 11 is 5.78. The first-order valence-corrected chi connectivity index (χ1v) is 4.29. The molecule has 0 radical (unpaired) electrons. The van der Waals surface area contributed by atoms with Gasteiger partial charge in [-0.25, -0.2) is 15.0 Å². The highest BCUT2D eigenvalue weighted by Crippen LogP contribution is 2.23. The lowest BCUT2D eigenvalue weighted by Gasteiger charge is -2.02. The van der Waals surface area contributed by atoms with Gasteiger partial charge in [0.1, 0.15) is 0 Å². The van der Waals surface area contributed by atoms with Gasteiger partial charge in [-0.2, -0.15) is 0 Å². The average molecular weight is 208 g/mol. The van der Waals surface area contributed by atoms with E-state index in [1.807, 2.05) is 0 Å². The number of aromatic nitrogens is 3. The number of ether oxygens (including phenoxy) is 1. The highest BCUT2D eigenvalue weighted by molar-refractivity contribution is 6.30. The van der Waals surface area contributed by atoms with Gasteiger partial charge >= 0.3 is 6.01 Å². The van der Waals surface area contributed by atoms with Gasteiger partial charge in [-0.1, -0.05) is 11.6 Å². The molecule has 0 atom stereocenters. The normalized spacial score (nSPS) is 9.79. The summed E-state index contributed by atoms with van der Waals surface area (Å²) in [5, 5.41) is 0.292. The van der Waals surface area contributed by atoms with E-state index in [9.17, 15) is 0 Å². The maximum Gasteiger partial charge on any atom is 0.321 e. The van der Waals surface area contributed by atoms with Crippen molar-refractivity contribution in [1.82, 2.24) is 15.0 Å². The van der Waals surface area contributed by atoms with E-state index in [-0.39, 0.29) is 6.01 Å². The standard InChI is InChI=1S/C9H6ClN3O/c10-8-7(3-1-4-11-8)14-9-12-5-2-6-13-9/h1-6H. The van der Waals surface area contributed by atoms with Crippen molar-refractivity contribution in [2.75, 3.05) is 0 Å². The zero-order valence-corrected chi connectivity index (χ0v) is 7.85. The molecule has 0 aliphatic heterocycles. The maximum atomic E-state index is 5.78. The predicted octanol–water partition coefficient (Wildman–Crippen LogP) is 2.32. The molecule has 5 heteroatoms. The molecular weight excluding hydrogens is 202 g/mol. The molecule has 0 bridgehead atoms. The van der Waals surface area contributed by atoms with Gasteiger partial charge in [-0.05, 0) is 18.2 Å². The summed E-state index contributed by atoms with van der Waals surface area (Å²) in [6.45, 7) is 0. The van der Waals surface area contributed by atoms with Gasteiger partial charge in [-0.3, -0.25) is 0 Å². The van der Waals surface area contributed by atoms with E-state index in [0.29, 0.717) is 10.9 Å². The Balaban J connectivity index is 2.24. The molecule has 0 aliphatic carbocycles. The molecule has 0 amide bonds. The average Bonchev–Trinajstić information content (AvgIpc) is 2.23. The third-order valence-electron chi connectivity index (χ3n) is 1.47. The summed E-state index contributed by atoms with van der Waals surface area (Å²) in [5.74, 6) is 0.445. The molecule has 4 nitrogen and oxygen atoms in total. The van der Waals surface area contributed by atoms with E-state index >= 15 is 0 Å². The van der Waals surface area contributed by atoms with Crippen LogP contribution in [0.2, 0.25) is 5.15 Å². The van der Waals surface area contributed by atoms with Crippen LogP contribution in [0.15, 0.2) is 36.8 Å². The summed E-state index contributed by atoms with van der Waals surface area (Å²) in [4.78, 5) is 11.7. The van der Waals surface area contributed by atoms with Gasteiger partial charge in [0.05, 0.1) is 0 Å². The lowest BCUT2D eigenvalue weighted by Crippen LogP contribution is -1.91. The Morgan fingerprint density at radius 1 is 1.00 bits per heavy atom. The van der Waals surface area contributed by atoms with Crippen LogP contribution in [-0.4, -0.2) is 15.0 Å². The monoisotopic (exact) mass is 207 g/mol. The number of nitrogens with zero attached hydrogens (tertiary/aromatic N) is 3. The summed E-state index contributed by atoms with van der Waals surface area (Å²) in [6.07, 6.45) is 4.76. The summed E-state index contributed by atoms with van der Waals surface area (Å²) in [6, 6.07) is 5.38. The SMILES string of the molecule is Clc1ncccc1Oc1ncccn1. The quantitative estimate of drug-likeness (QED) is 0.709. The van der Waals surface area contributed by atoms with Crippen molar-refractivity contribution < 1.29 is 4.74 Å². The van der Waals surface area contributed by atoms with Crippen LogP contribution in [0.3, 0.4) is 0 Å². The Bertz CT molecular complexity index is 421. The fourth-order valence-corrected chi connectivity index (χ4v) is 1.04. The topological polar surface area (TPSA) is 47.9 Å². The van der Waals surface area contributed by atoms with Crippen molar-refractivity contribution >= 4 is 11.6 Å². The molecule has 0 unspecified atom stereocenters. The Hall–Kier alpha value is -1.68. The highest BCUT2D eigenvalue weighted by atomic mass is 35.5. The van der Waals surface area contributed by atoms with Gasteiger partial charge < -0.3 is 4.74 Å². The first-order valence-electron chi connectivity index (χ1n) is 3.91. The van der Waals surface area contributed by atoms with Crippen molar-refractivity contribution in [3.05, 3.63) is 41.9 Å². The summed E-state index contributed by atoms with van der Waals surface area (Å²) in [5.41, 5.74) is 0. The zero-order valence-electron chi connectivity index (χ0n) is 7.09. The highest BCUT2D eigenvalue weighted by Gasteiger charge is 2.03. The van der Waals surface area contributed by atoms with Crippen LogP contribution in [0.5, 0.6) is 11.8 Å². The van der Waals surface area contributed by atoms with Crippen molar-refractivity contribution in [1.29, 1.82) is 0 Å². The van der Waals surface area contributed by atoms with E-state index in [1.54, 1.807) is 36.8 Å². The second kappa shape index (κ2) is 4.02. The molecule has 0 aliphatic rings. The summed E-state index contributed by atoms with van der Waals surface area (Å²) in [7, 11) is 0. The minimum absolute atomic E-state index is 0.252. The number of rotatable bonds is 2. The molecule has 2 aromatic heterocycles. The van der Waals surface area contributed by atoms with Crippen molar-refractivity contribution in [2.45, 2.75) is 0 Å². The Morgan fingerprint density at radius 2 is 1.71 bits per heavy atom. The zero-order chi connectivity index (χ0) is 9.80. The molecule has 0 saturated heterocycles. The van der Waals surface area contributed by atoms with Crippen LogP contribution in [-0.2, 0) is 0 Å². The molecule has 14 heavy (non-hydrogen) atoms. The van der Waals surface area contributed by atoms with Crippen molar-refractivity contribution in [2.24, 2.45) is 0 Å². The van der Waals surface area contributed by atoms with E-state index in [4.69, 9.17) is 16.3 Å². The maximum absolute atomic E-state index is 5.78. The Morgan fingerprint density at radius 3 is 2.43 bits per heavy atom. The van der Waals surface area contributed by atoms with Gasteiger partial charge in [0.2, 0.25) is 0 Å². The molecule has 70 valence electrons. The first-order chi connectivity index (χ1) is 6.86. The predicted molar refractivity (Wildman–Crippen MR) is 51.4 cm³/mol. The van der Waals surface area contributed by atoms with Crippen LogP contribution >= 0.6 is 11.6 Å². The van der Waals surface area contributed by atoms with Crippen LogP contribution in [0.25, 0.3) is 0 Å². The number of hydrogen-bond acceptors (Lipinski definition) is 4. The van der Waals surface area contributed by atoms with E-state index < -0.39 is 0 Å². The van der Waals surface area contributed by atoms with Gasteiger partial charge in [0, 0.05) is 18.6 Å². The fourth-order valence-electron chi connectivity index (χ4n) is 0.884. The molecule has 0 fully saturated rings. The third-order valence-corrected chi connectivity index (χ3v) is 1.75. The largest absolute Gasteiger partial charge is 0.421 e. The number of halogens is 1.